The van der Waals surface area contributed by atoms with Crippen molar-refractivity contribution in [3.63, 3.8) is 0 Å². The quantitative estimate of drug-likeness (QED) is 0.330. The van der Waals surface area contributed by atoms with Crippen LogP contribution in [0.4, 0.5) is 4.79 Å². The monoisotopic (exact) mass is 792 g/mol. The van der Waals surface area contributed by atoms with E-state index >= 15 is 0 Å². The first-order valence-corrected chi connectivity index (χ1v) is 21.5. The van der Waals surface area contributed by atoms with Crippen molar-refractivity contribution < 1.29 is 41.8 Å². The number of aromatic nitrogens is 2. The number of rotatable bonds is 8. The SMILES string of the molecule is COc1nnc(O[C@@H]2C[C@H]3C(=O)N[C@]4(C(=O)NS(=O)(=O)C5(C)CC5)C[C@H]4/C=C\CC[C@@H](C)C[C@@H](C)[C@H](NC(=O)O[C@@H]4C[C@@H]5C[C@@H]5C4)C(=O)N3C2)c2ccccc12. The number of benzene rings is 1. The van der Waals surface area contributed by atoms with Crippen LogP contribution in [0.5, 0.6) is 11.8 Å². The lowest BCUT2D eigenvalue weighted by Gasteiger charge is -2.33. The number of carbonyl (C=O) groups excluding carboxylic acids is 4. The van der Waals surface area contributed by atoms with Crippen LogP contribution in [0.2, 0.25) is 0 Å². The van der Waals surface area contributed by atoms with Crippen LogP contribution in [0.15, 0.2) is 36.4 Å². The van der Waals surface area contributed by atoms with Gasteiger partial charge in [-0.3, -0.25) is 19.1 Å². The third kappa shape index (κ3) is 7.40. The van der Waals surface area contributed by atoms with E-state index in [4.69, 9.17) is 14.2 Å². The van der Waals surface area contributed by atoms with Crippen molar-refractivity contribution in [1.82, 2.24) is 30.5 Å². The van der Waals surface area contributed by atoms with Gasteiger partial charge in [0.25, 0.3) is 5.91 Å². The molecule has 3 heterocycles. The zero-order valence-corrected chi connectivity index (χ0v) is 33.2. The molecular formula is C40H52N6O9S. The molecule has 56 heavy (non-hydrogen) atoms. The van der Waals surface area contributed by atoms with E-state index in [-0.39, 0.29) is 43.2 Å². The predicted molar refractivity (Wildman–Crippen MR) is 204 cm³/mol. The fourth-order valence-electron chi connectivity index (χ4n) is 9.12. The van der Waals surface area contributed by atoms with E-state index in [0.717, 1.165) is 19.3 Å². The van der Waals surface area contributed by atoms with Gasteiger partial charge in [-0.15, -0.1) is 10.2 Å². The van der Waals surface area contributed by atoms with E-state index in [0.29, 0.717) is 54.2 Å². The number of nitrogens with one attached hydrogen (secondary N) is 3. The largest absolute Gasteiger partial charge is 0.479 e. The van der Waals surface area contributed by atoms with E-state index in [9.17, 15) is 27.6 Å². The summed E-state index contributed by atoms with van der Waals surface area (Å²) < 4.78 is 45.3. The molecule has 6 aliphatic rings. The van der Waals surface area contributed by atoms with Crippen LogP contribution in [-0.4, -0.2) is 95.6 Å². The summed E-state index contributed by atoms with van der Waals surface area (Å²) >= 11 is 0. The van der Waals surface area contributed by atoms with Crippen LogP contribution in [0.1, 0.15) is 85.0 Å². The standard InChI is InChI=1S/C40H52N6O9S/c1-22-9-5-6-10-26-20-40(26,37(49)45-56(51,52)39(3)13-14-39)42-33(47)31-19-28(54-35-30-12-8-7-11-29(30)34(53-4)43-44-35)21-46(31)36(48)32(23(2)15-22)41-38(50)55-27-17-24-16-25(24)18-27/h6-8,10-12,22-28,31-32H,5,9,13-21H2,1-4H3,(H,41,50)(H,42,47)(H,45,49)/b10-6-/t22-,23-,24-,25+,26-,27+,28-,31+,32+,40-/m1/s1. The lowest BCUT2D eigenvalue weighted by atomic mass is 9.88. The van der Waals surface area contributed by atoms with Gasteiger partial charge in [0.1, 0.15) is 29.8 Å². The zero-order chi connectivity index (χ0) is 39.6. The first kappa shape index (κ1) is 38.4. The van der Waals surface area contributed by atoms with Gasteiger partial charge in [-0.05, 0) is 101 Å². The Labute approximate surface area is 327 Å². The number of methoxy groups -OCH3 is 1. The van der Waals surface area contributed by atoms with Crippen LogP contribution < -0.4 is 24.8 Å². The summed E-state index contributed by atoms with van der Waals surface area (Å²) in [5, 5.41) is 15.6. The zero-order valence-electron chi connectivity index (χ0n) is 32.4. The summed E-state index contributed by atoms with van der Waals surface area (Å²) in [6.45, 7) is 5.58. The second-order valence-corrected chi connectivity index (χ2v) is 19.6. The number of nitrogens with zero attached hydrogens (tertiary/aromatic N) is 3. The summed E-state index contributed by atoms with van der Waals surface area (Å²) in [6.07, 6.45) is 8.26. The Morgan fingerprint density at radius 3 is 2.36 bits per heavy atom. The molecule has 1 saturated heterocycles. The lowest BCUT2D eigenvalue weighted by Crippen LogP contribution is -2.59. The second kappa shape index (κ2) is 14.5. The highest BCUT2D eigenvalue weighted by Crippen LogP contribution is 2.52. The van der Waals surface area contributed by atoms with Gasteiger partial charge in [-0.1, -0.05) is 38.1 Å². The number of carbonyl (C=O) groups is 4. The number of fused-ring (bicyclic) bond motifs is 4. The third-order valence-electron chi connectivity index (χ3n) is 13.1. The molecule has 0 spiro atoms. The van der Waals surface area contributed by atoms with Crippen molar-refractivity contribution in [2.75, 3.05) is 13.7 Å². The number of allylic oxidation sites excluding steroid dienone is 1. The number of alkyl carbamates (subject to hydrolysis) is 1. The first-order chi connectivity index (χ1) is 26.7. The molecule has 4 aliphatic carbocycles. The summed E-state index contributed by atoms with van der Waals surface area (Å²) in [5.41, 5.74) is -1.53. The van der Waals surface area contributed by atoms with Crippen LogP contribution >= 0.6 is 0 Å². The minimum atomic E-state index is -4.00. The van der Waals surface area contributed by atoms with Crippen molar-refractivity contribution in [3.8, 4) is 11.8 Å². The van der Waals surface area contributed by atoms with Crippen LogP contribution in [0.3, 0.4) is 0 Å². The highest BCUT2D eigenvalue weighted by molar-refractivity contribution is 7.91. The molecule has 2 aromatic rings. The Morgan fingerprint density at radius 2 is 1.66 bits per heavy atom. The number of hydrogen-bond acceptors (Lipinski definition) is 11. The van der Waals surface area contributed by atoms with Gasteiger partial charge in [-0.25, -0.2) is 13.2 Å². The fourth-order valence-corrected chi connectivity index (χ4v) is 10.4. The van der Waals surface area contributed by atoms with Crippen molar-refractivity contribution in [3.05, 3.63) is 36.4 Å². The van der Waals surface area contributed by atoms with Crippen molar-refractivity contribution in [2.45, 2.75) is 120 Å². The Hall–Kier alpha value is -4.47. The van der Waals surface area contributed by atoms with Gasteiger partial charge < -0.3 is 29.7 Å². The van der Waals surface area contributed by atoms with Crippen LogP contribution in [0.25, 0.3) is 10.8 Å². The van der Waals surface area contributed by atoms with Gasteiger partial charge in [0.05, 0.1) is 29.2 Å². The van der Waals surface area contributed by atoms with E-state index in [1.165, 1.54) is 18.4 Å². The number of amides is 4. The highest BCUT2D eigenvalue weighted by atomic mass is 32.2. The maximum absolute atomic E-state index is 14.9. The topological polar surface area (TPSA) is 195 Å². The Kier molecular flexibility index (Phi) is 9.93. The molecule has 302 valence electrons. The molecular weight excluding hydrogens is 741 g/mol. The average molecular weight is 793 g/mol. The summed E-state index contributed by atoms with van der Waals surface area (Å²) in [7, 11) is -2.50. The molecule has 16 heteroatoms. The fraction of sp³-hybridized carbons (Fsp3) is 0.650. The molecule has 10 atom stereocenters. The minimum Gasteiger partial charge on any atom is -0.479 e. The first-order valence-electron chi connectivity index (χ1n) is 20.0. The molecule has 5 fully saturated rings. The molecule has 15 nitrogen and oxygen atoms in total. The Morgan fingerprint density at radius 1 is 0.964 bits per heavy atom. The highest BCUT2D eigenvalue weighted by Gasteiger charge is 2.63. The molecule has 0 unspecified atom stereocenters. The molecule has 0 radical (unpaired) electrons. The average Bonchev–Trinajstić information content (AvgIpc) is 4.12. The molecule has 3 N–H and O–H groups in total. The smallest absolute Gasteiger partial charge is 0.408 e. The molecule has 8 rings (SSSR count). The number of ether oxygens (including phenoxy) is 3. The molecule has 0 bridgehead atoms. The van der Waals surface area contributed by atoms with E-state index in [1.54, 1.807) is 6.92 Å². The Balaban J connectivity index is 1.10. The Bertz CT molecular complexity index is 2050. The molecule has 2 aliphatic heterocycles. The van der Waals surface area contributed by atoms with Gasteiger partial charge in [0.15, 0.2) is 0 Å². The third-order valence-corrected chi connectivity index (χ3v) is 15.2. The molecule has 1 aromatic carbocycles. The van der Waals surface area contributed by atoms with Gasteiger partial charge in [0, 0.05) is 12.3 Å². The second-order valence-electron chi connectivity index (χ2n) is 17.4. The lowest BCUT2D eigenvalue weighted by molar-refractivity contribution is -0.142. The maximum atomic E-state index is 14.9. The minimum absolute atomic E-state index is 0.0288. The number of sulfonamides is 1. The van der Waals surface area contributed by atoms with E-state index < -0.39 is 68.2 Å². The van der Waals surface area contributed by atoms with E-state index in [2.05, 4.69) is 32.5 Å². The van der Waals surface area contributed by atoms with Gasteiger partial charge in [-0.2, -0.15) is 0 Å². The molecule has 4 saturated carbocycles. The van der Waals surface area contributed by atoms with Crippen molar-refractivity contribution in [1.29, 1.82) is 0 Å². The predicted octanol–water partition coefficient (Wildman–Crippen LogP) is 3.77. The van der Waals surface area contributed by atoms with E-state index in [1.807, 2.05) is 43.3 Å². The summed E-state index contributed by atoms with van der Waals surface area (Å²) in [5.74, 6) is -0.794. The summed E-state index contributed by atoms with van der Waals surface area (Å²) in [4.78, 5) is 58.2. The number of hydrogen-bond donors (Lipinski definition) is 3. The maximum Gasteiger partial charge on any atom is 0.408 e. The molecule has 4 amide bonds. The molecule has 1 aromatic heterocycles. The van der Waals surface area contributed by atoms with Crippen molar-refractivity contribution >= 4 is 44.6 Å². The van der Waals surface area contributed by atoms with Crippen LogP contribution in [0, 0.1) is 29.6 Å². The van der Waals surface area contributed by atoms with Crippen LogP contribution in [-0.2, 0) is 29.1 Å². The van der Waals surface area contributed by atoms with Gasteiger partial charge in [0.2, 0.25) is 33.6 Å². The van der Waals surface area contributed by atoms with Gasteiger partial charge >= 0.3 is 6.09 Å². The summed E-state index contributed by atoms with van der Waals surface area (Å²) in [6, 6.07) is 5.15. The van der Waals surface area contributed by atoms with Crippen molar-refractivity contribution in [2.24, 2.45) is 29.6 Å². The normalized spacial score (nSPS) is 35.4.